The van der Waals surface area contributed by atoms with Gasteiger partial charge in [0.05, 0.1) is 23.8 Å². The highest BCUT2D eigenvalue weighted by Crippen LogP contribution is 2.64. The van der Waals surface area contributed by atoms with Gasteiger partial charge < -0.3 is 20.8 Å². The summed E-state index contributed by atoms with van der Waals surface area (Å²) in [6, 6.07) is 8.92. The van der Waals surface area contributed by atoms with Crippen molar-refractivity contribution in [1.29, 1.82) is 0 Å². The predicted octanol–water partition coefficient (Wildman–Crippen LogP) is 4.28. The molecule has 2 aromatic carbocycles. The SMILES string of the molecule is CC1(C)CCC2(CC1)N[C@@H](C(=O)NCC[C@H](O)CO)[C@H](c1cccc(Cl)c1F)[C@]21C(=O)Nc2cc(Cl)ccc21. The zero-order valence-electron chi connectivity index (χ0n) is 22.0. The van der Waals surface area contributed by atoms with E-state index in [0.717, 1.165) is 12.8 Å². The van der Waals surface area contributed by atoms with E-state index >= 15 is 4.39 Å². The number of fused-ring (bicyclic) bond motifs is 3. The number of carbonyl (C=O) groups excluding carboxylic acids is 2. The van der Waals surface area contributed by atoms with E-state index in [9.17, 15) is 14.7 Å². The summed E-state index contributed by atoms with van der Waals surface area (Å²) in [6.07, 6.45) is 1.98. The van der Waals surface area contributed by atoms with Crippen LogP contribution in [0.15, 0.2) is 36.4 Å². The number of anilines is 1. The molecule has 10 heteroatoms. The first-order valence-electron chi connectivity index (χ1n) is 13.4. The summed E-state index contributed by atoms with van der Waals surface area (Å²) in [5.74, 6) is -2.31. The molecule has 0 bridgehead atoms. The lowest BCUT2D eigenvalue weighted by atomic mass is 9.53. The van der Waals surface area contributed by atoms with E-state index in [2.05, 4.69) is 29.8 Å². The van der Waals surface area contributed by atoms with Crippen LogP contribution in [0.4, 0.5) is 10.1 Å². The molecule has 5 N–H and O–H groups in total. The van der Waals surface area contributed by atoms with Gasteiger partial charge in [-0.2, -0.15) is 0 Å². The minimum Gasteiger partial charge on any atom is -0.394 e. The molecule has 0 radical (unpaired) electrons. The maximum absolute atomic E-state index is 15.9. The number of aliphatic hydroxyl groups excluding tert-OH is 2. The number of halogens is 3. The number of benzene rings is 2. The molecule has 0 aromatic heterocycles. The second-order valence-corrected chi connectivity index (χ2v) is 12.7. The van der Waals surface area contributed by atoms with Crippen molar-refractivity contribution in [3.8, 4) is 0 Å². The van der Waals surface area contributed by atoms with E-state index in [1.807, 2.05) is 6.07 Å². The minimum absolute atomic E-state index is 0.0452. The van der Waals surface area contributed by atoms with Gasteiger partial charge in [-0.15, -0.1) is 0 Å². The van der Waals surface area contributed by atoms with Gasteiger partial charge in [-0.1, -0.05) is 55.2 Å². The van der Waals surface area contributed by atoms with Gasteiger partial charge in [0.25, 0.3) is 0 Å². The van der Waals surface area contributed by atoms with Gasteiger partial charge in [0, 0.05) is 28.7 Å². The summed E-state index contributed by atoms with van der Waals surface area (Å²) in [6.45, 7) is 4.06. The van der Waals surface area contributed by atoms with Crippen molar-refractivity contribution in [3.63, 3.8) is 0 Å². The molecule has 39 heavy (non-hydrogen) atoms. The average molecular weight is 579 g/mol. The standard InChI is InChI=1S/C29H34Cl2FN3O4/c1-27(2)9-11-28(12-10-27)29(19-7-6-16(30)14-21(19)34-26(29)39)22(18-4-3-5-20(31)23(18)32)24(35-28)25(38)33-13-8-17(37)15-36/h3-7,14,17,22,24,35-37H,8-13,15H2,1-2H3,(H,33,38)(H,34,39)/t17-,22-,24+,29+/m0/s1. The van der Waals surface area contributed by atoms with E-state index in [4.69, 9.17) is 28.3 Å². The van der Waals surface area contributed by atoms with E-state index in [0.29, 0.717) is 29.1 Å². The highest BCUT2D eigenvalue weighted by atomic mass is 35.5. The largest absolute Gasteiger partial charge is 0.394 e. The number of rotatable bonds is 6. The van der Waals surface area contributed by atoms with E-state index in [1.54, 1.807) is 24.3 Å². The molecule has 210 valence electrons. The summed E-state index contributed by atoms with van der Waals surface area (Å²) >= 11 is 12.6. The van der Waals surface area contributed by atoms with Crippen molar-refractivity contribution in [1.82, 2.24) is 10.6 Å². The first-order chi connectivity index (χ1) is 18.5. The van der Waals surface area contributed by atoms with Gasteiger partial charge in [0.15, 0.2) is 0 Å². The number of nitrogens with one attached hydrogen (secondary N) is 3. The third kappa shape index (κ3) is 4.54. The Morgan fingerprint density at radius 3 is 2.59 bits per heavy atom. The van der Waals surface area contributed by atoms with Crippen LogP contribution in [-0.2, 0) is 15.0 Å². The Labute approximate surface area is 237 Å². The number of aliphatic hydroxyl groups is 2. The lowest BCUT2D eigenvalue weighted by Gasteiger charge is -2.50. The summed E-state index contributed by atoms with van der Waals surface area (Å²) < 4.78 is 15.9. The molecule has 1 saturated carbocycles. The van der Waals surface area contributed by atoms with Gasteiger partial charge in [-0.25, -0.2) is 4.39 Å². The van der Waals surface area contributed by atoms with Crippen molar-refractivity contribution < 1.29 is 24.2 Å². The third-order valence-corrected chi connectivity index (χ3v) is 9.57. The topological polar surface area (TPSA) is 111 Å². The fourth-order valence-electron chi connectivity index (χ4n) is 6.98. The van der Waals surface area contributed by atoms with Crippen LogP contribution in [0.3, 0.4) is 0 Å². The maximum Gasteiger partial charge on any atom is 0.237 e. The molecule has 1 saturated heterocycles. The Balaban J connectivity index is 1.71. The van der Waals surface area contributed by atoms with E-state index < -0.39 is 47.3 Å². The minimum atomic E-state index is -1.32. The molecule has 3 aliphatic rings. The lowest BCUT2D eigenvalue weighted by Crippen LogP contribution is -2.61. The molecule has 0 unspecified atom stereocenters. The van der Waals surface area contributed by atoms with Gasteiger partial charge in [0.2, 0.25) is 11.8 Å². The van der Waals surface area contributed by atoms with Crippen LogP contribution in [0.1, 0.15) is 63.0 Å². The number of hydrogen-bond acceptors (Lipinski definition) is 5. The quantitative estimate of drug-likeness (QED) is 0.352. The van der Waals surface area contributed by atoms with Gasteiger partial charge in [-0.3, -0.25) is 14.9 Å². The molecule has 2 amide bonds. The second kappa shape index (κ2) is 10.3. The molecular formula is C29H34Cl2FN3O4. The van der Waals surface area contributed by atoms with Crippen molar-refractivity contribution in [2.24, 2.45) is 5.41 Å². The molecule has 1 aliphatic carbocycles. The second-order valence-electron chi connectivity index (χ2n) is 11.9. The number of amides is 2. The zero-order valence-corrected chi connectivity index (χ0v) is 23.5. The average Bonchev–Trinajstić information content (AvgIpc) is 3.35. The van der Waals surface area contributed by atoms with Crippen molar-refractivity contribution in [3.05, 3.63) is 63.4 Å². The summed E-state index contributed by atoms with van der Waals surface area (Å²) in [5, 5.41) is 28.7. The van der Waals surface area contributed by atoms with E-state index in [1.165, 1.54) is 6.07 Å². The third-order valence-electron chi connectivity index (χ3n) is 9.04. The summed E-state index contributed by atoms with van der Waals surface area (Å²) in [5.41, 5.74) is -0.703. The highest BCUT2D eigenvalue weighted by Gasteiger charge is 2.72. The molecule has 2 aliphatic heterocycles. The summed E-state index contributed by atoms with van der Waals surface area (Å²) in [4.78, 5) is 28.2. The Kier molecular flexibility index (Phi) is 7.48. The van der Waals surface area contributed by atoms with Gasteiger partial charge in [-0.05, 0) is 66.8 Å². The first-order valence-corrected chi connectivity index (χ1v) is 14.1. The maximum atomic E-state index is 15.9. The van der Waals surface area contributed by atoms with Gasteiger partial charge in [0.1, 0.15) is 11.2 Å². The summed E-state index contributed by atoms with van der Waals surface area (Å²) in [7, 11) is 0. The van der Waals surface area contributed by atoms with Crippen molar-refractivity contribution in [2.45, 2.75) is 75.0 Å². The van der Waals surface area contributed by atoms with Crippen LogP contribution in [0.2, 0.25) is 10.0 Å². The lowest BCUT2D eigenvalue weighted by molar-refractivity contribution is -0.124. The van der Waals surface area contributed by atoms with Crippen LogP contribution in [0.25, 0.3) is 0 Å². The smallest absolute Gasteiger partial charge is 0.237 e. The monoisotopic (exact) mass is 577 g/mol. The molecule has 7 nitrogen and oxygen atoms in total. The molecule has 4 atom stereocenters. The fourth-order valence-corrected chi connectivity index (χ4v) is 7.33. The van der Waals surface area contributed by atoms with Crippen molar-refractivity contribution >= 4 is 40.7 Å². The number of carbonyl (C=O) groups is 2. The molecule has 2 fully saturated rings. The predicted molar refractivity (Wildman–Crippen MR) is 149 cm³/mol. The van der Waals surface area contributed by atoms with Crippen LogP contribution in [0, 0.1) is 11.2 Å². The van der Waals surface area contributed by atoms with Gasteiger partial charge >= 0.3 is 0 Å². The number of hydrogen-bond donors (Lipinski definition) is 5. The van der Waals surface area contributed by atoms with Crippen molar-refractivity contribution in [2.75, 3.05) is 18.5 Å². The molecule has 2 heterocycles. The molecule has 2 aromatic rings. The molecular weight excluding hydrogens is 544 g/mol. The van der Waals surface area contributed by atoms with Crippen LogP contribution in [0.5, 0.6) is 0 Å². The highest BCUT2D eigenvalue weighted by molar-refractivity contribution is 6.31. The Bertz CT molecular complexity index is 1300. The molecule has 2 spiro atoms. The Hall–Kier alpha value is -2.23. The molecule has 5 rings (SSSR count). The Morgan fingerprint density at radius 2 is 1.90 bits per heavy atom. The Morgan fingerprint density at radius 1 is 1.18 bits per heavy atom. The van der Waals surface area contributed by atoms with Crippen LogP contribution in [-0.4, -0.2) is 52.9 Å². The first kappa shape index (κ1) is 28.3. The van der Waals surface area contributed by atoms with Crippen LogP contribution >= 0.6 is 23.2 Å². The normalized spacial score (nSPS) is 27.4. The fraction of sp³-hybridized carbons (Fsp3) is 0.517. The zero-order chi connectivity index (χ0) is 28.2. The van der Waals surface area contributed by atoms with Crippen LogP contribution < -0.4 is 16.0 Å². The van der Waals surface area contributed by atoms with E-state index in [-0.39, 0.29) is 34.9 Å².